The zero-order valence-corrected chi connectivity index (χ0v) is 15.5. The summed E-state index contributed by atoms with van der Waals surface area (Å²) < 4.78 is 0. The molecule has 0 heterocycles. The van der Waals surface area contributed by atoms with Crippen LogP contribution < -0.4 is 10.2 Å². The van der Waals surface area contributed by atoms with Crippen LogP contribution in [0.3, 0.4) is 0 Å². The van der Waals surface area contributed by atoms with Crippen molar-refractivity contribution in [3.63, 3.8) is 0 Å². The van der Waals surface area contributed by atoms with Gasteiger partial charge in [-0.15, -0.1) is 0 Å². The van der Waals surface area contributed by atoms with Gasteiger partial charge in [-0.2, -0.15) is 0 Å². The van der Waals surface area contributed by atoms with Gasteiger partial charge in [-0.3, -0.25) is 0 Å². The monoisotopic (exact) mass is 398 g/mol. The second-order valence-electron chi connectivity index (χ2n) is 5.04. The molecule has 0 aromatic heterocycles. The van der Waals surface area contributed by atoms with Crippen molar-refractivity contribution in [1.82, 2.24) is 0 Å². The van der Waals surface area contributed by atoms with E-state index in [9.17, 15) is 19.8 Å². The summed E-state index contributed by atoms with van der Waals surface area (Å²) in [7, 11) is 0. The molecule has 0 bridgehead atoms. The van der Waals surface area contributed by atoms with E-state index < -0.39 is 74.6 Å². The van der Waals surface area contributed by atoms with Crippen molar-refractivity contribution in [3.05, 3.63) is 0 Å². The molecule has 0 aliphatic heterocycles. The van der Waals surface area contributed by atoms with Gasteiger partial charge in [0.1, 0.15) is 11.2 Å². The van der Waals surface area contributed by atoms with E-state index in [2.05, 4.69) is 0 Å². The zero-order chi connectivity index (χ0) is 19.6. The Morgan fingerprint density at radius 2 is 1.00 bits per heavy atom. The molecule has 0 aromatic carbocycles. The van der Waals surface area contributed by atoms with Crippen LogP contribution in [-0.2, 0) is 9.59 Å². The Balaban J connectivity index is -0.000000372. The van der Waals surface area contributed by atoms with E-state index in [0.717, 1.165) is 0 Å². The molecule has 0 amide bonds. The number of rotatable bonds is 10. The number of aliphatic hydroxyl groups is 8. The SMILES string of the molecule is O=C([O-])[C@](O)(CO)C[C@H](O)CO.O=C([O-])[C@](O)(CO)C[C@H](O)CO.[Ca+2]. The van der Waals surface area contributed by atoms with E-state index in [-0.39, 0.29) is 37.7 Å². The molecule has 0 rings (SSSR count). The Kier molecular flexibility index (Phi) is 16.6. The van der Waals surface area contributed by atoms with Crippen molar-refractivity contribution in [2.24, 2.45) is 0 Å². The number of carbonyl (C=O) groups excluding carboxylic acids is 2. The average molecular weight is 398 g/mol. The molecule has 0 saturated heterocycles. The van der Waals surface area contributed by atoms with Crippen LogP contribution in [0.5, 0.6) is 0 Å². The van der Waals surface area contributed by atoms with Gasteiger partial charge in [0.05, 0.1) is 50.6 Å². The summed E-state index contributed by atoms with van der Waals surface area (Å²) in [4.78, 5) is 20.4. The minimum atomic E-state index is -2.48. The van der Waals surface area contributed by atoms with Crippen molar-refractivity contribution in [1.29, 1.82) is 0 Å². The molecule has 0 aliphatic rings. The van der Waals surface area contributed by atoms with Crippen LogP contribution in [0, 0.1) is 0 Å². The van der Waals surface area contributed by atoms with Crippen LogP contribution >= 0.6 is 0 Å². The fraction of sp³-hybridized carbons (Fsp3) is 0.833. The van der Waals surface area contributed by atoms with Gasteiger partial charge < -0.3 is 60.7 Å². The molecule has 13 heteroatoms. The normalized spacial score (nSPS) is 17.6. The third kappa shape index (κ3) is 11.2. The van der Waals surface area contributed by atoms with Crippen LogP contribution in [0.4, 0.5) is 0 Å². The Bertz CT molecular complexity index is 358. The Labute approximate surface area is 172 Å². The smallest absolute Gasteiger partial charge is 0.547 e. The number of carboxylic acids is 2. The van der Waals surface area contributed by atoms with E-state index in [0.29, 0.717) is 0 Å². The van der Waals surface area contributed by atoms with Crippen molar-refractivity contribution in [3.8, 4) is 0 Å². The first-order valence-electron chi connectivity index (χ1n) is 6.59. The Morgan fingerprint density at radius 3 is 1.12 bits per heavy atom. The first kappa shape index (κ1) is 29.6. The predicted octanol–water partition coefficient (Wildman–Crippen LogP) is -7.97. The third-order valence-electron chi connectivity index (χ3n) is 2.85. The van der Waals surface area contributed by atoms with E-state index in [1.807, 2.05) is 0 Å². The number of carbonyl (C=O) groups is 2. The summed E-state index contributed by atoms with van der Waals surface area (Å²) in [5, 5.41) is 89.4. The van der Waals surface area contributed by atoms with Gasteiger partial charge in [-0.05, 0) is 0 Å². The number of aliphatic hydroxyl groups excluding tert-OH is 6. The van der Waals surface area contributed by atoms with Gasteiger partial charge in [0.25, 0.3) is 0 Å². The molecule has 12 nitrogen and oxygen atoms in total. The zero-order valence-electron chi connectivity index (χ0n) is 13.3. The third-order valence-corrected chi connectivity index (χ3v) is 2.85. The summed E-state index contributed by atoms with van der Waals surface area (Å²) >= 11 is 0. The molecule has 0 saturated carbocycles. The van der Waals surface area contributed by atoms with Crippen LogP contribution in [0.1, 0.15) is 12.8 Å². The van der Waals surface area contributed by atoms with Crippen molar-refractivity contribution < 1.29 is 60.7 Å². The second-order valence-corrected chi connectivity index (χ2v) is 5.04. The first-order valence-corrected chi connectivity index (χ1v) is 6.59. The standard InChI is InChI=1S/2C6H12O6.Ca/c2*7-2-4(9)1-6(12,3-8)5(10)11;/h2*4,7-9,12H,1-3H2,(H,10,11);/q;;+2/p-2/t2*4-,6+;/m00./s1. The van der Waals surface area contributed by atoms with E-state index in [1.54, 1.807) is 0 Å². The molecule has 4 atom stereocenters. The summed E-state index contributed by atoms with van der Waals surface area (Å²) in [6, 6.07) is 0. The number of hydrogen-bond donors (Lipinski definition) is 8. The summed E-state index contributed by atoms with van der Waals surface area (Å²) in [5.41, 5.74) is -4.97. The van der Waals surface area contributed by atoms with E-state index in [4.69, 9.17) is 40.9 Å². The van der Waals surface area contributed by atoms with Gasteiger partial charge >= 0.3 is 37.7 Å². The fourth-order valence-corrected chi connectivity index (χ4v) is 1.33. The summed E-state index contributed by atoms with van der Waals surface area (Å²) in [6.07, 6.45) is -4.11. The topological polar surface area (TPSA) is 242 Å². The molecule has 0 aliphatic carbocycles. The molecule has 8 N–H and O–H groups in total. The minimum absolute atomic E-state index is 0. The summed E-state index contributed by atoms with van der Waals surface area (Å²) in [6.45, 7) is -3.50. The van der Waals surface area contributed by atoms with Crippen LogP contribution in [-0.4, -0.2) is 140 Å². The van der Waals surface area contributed by atoms with Crippen LogP contribution in [0.15, 0.2) is 0 Å². The fourth-order valence-electron chi connectivity index (χ4n) is 1.33. The number of aliphatic carboxylic acids is 2. The molecule has 25 heavy (non-hydrogen) atoms. The largest absolute Gasteiger partial charge is 2.00 e. The van der Waals surface area contributed by atoms with Gasteiger partial charge in [0.2, 0.25) is 0 Å². The van der Waals surface area contributed by atoms with Crippen molar-refractivity contribution in [2.45, 2.75) is 36.3 Å². The molecular weight excluding hydrogens is 376 g/mol. The number of carboxylic acid groups (broad SMARTS) is 2. The maximum Gasteiger partial charge on any atom is 2.00 e. The minimum Gasteiger partial charge on any atom is -0.547 e. The first-order chi connectivity index (χ1) is 10.9. The molecule has 0 fully saturated rings. The molecular formula is C12H22CaO12. The Hall–Kier alpha value is -0.120. The van der Waals surface area contributed by atoms with Gasteiger partial charge in [0.15, 0.2) is 0 Å². The maximum atomic E-state index is 10.2. The van der Waals surface area contributed by atoms with Crippen LogP contribution in [0.2, 0.25) is 0 Å². The van der Waals surface area contributed by atoms with Gasteiger partial charge in [-0.25, -0.2) is 0 Å². The molecule has 0 unspecified atom stereocenters. The average Bonchev–Trinajstić information content (AvgIpc) is 2.54. The molecule has 0 radical (unpaired) electrons. The molecule has 144 valence electrons. The van der Waals surface area contributed by atoms with Gasteiger partial charge in [0, 0.05) is 12.8 Å². The van der Waals surface area contributed by atoms with Crippen molar-refractivity contribution >= 4 is 49.7 Å². The van der Waals surface area contributed by atoms with Crippen molar-refractivity contribution in [2.75, 3.05) is 26.4 Å². The van der Waals surface area contributed by atoms with E-state index >= 15 is 0 Å². The predicted molar refractivity (Wildman–Crippen MR) is 75.3 cm³/mol. The molecule has 0 aromatic rings. The quantitative estimate of drug-likeness (QED) is 0.160. The molecule has 0 spiro atoms. The summed E-state index contributed by atoms with van der Waals surface area (Å²) in [5.74, 6) is -3.75. The maximum absolute atomic E-state index is 10.2. The van der Waals surface area contributed by atoms with Gasteiger partial charge in [-0.1, -0.05) is 0 Å². The van der Waals surface area contributed by atoms with Crippen LogP contribution in [0.25, 0.3) is 0 Å². The second kappa shape index (κ2) is 14.0. The van der Waals surface area contributed by atoms with E-state index in [1.165, 1.54) is 0 Å². The number of hydrogen-bond acceptors (Lipinski definition) is 12. The Morgan fingerprint density at radius 1 is 0.760 bits per heavy atom.